The highest BCUT2D eigenvalue weighted by atomic mass is 19.4. The van der Waals surface area contributed by atoms with E-state index in [1.54, 1.807) is 11.8 Å². The Kier molecular flexibility index (Phi) is 5.58. The van der Waals surface area contributed by atoms with Crippen molar-refractivity contribution in [3.8, 4) is 11.8 Å². The van der Waals surface area contributed by atoms with Crippen molar-refractivity contribution in [3.05, 3.63) is 18.0 Å². The summed E-state index contributed by atoms with van der Waals surface area (Å²) in [6.45, 7) is 0.442. The summed E-state index contributed by atoms with van der Waals surface area (Å²) in [5.74, 6) is 5.54. The summed E-state index contributed by atoms with van der Waals surface area (Å²) in [5.41, 5.74) is -4.16. The molecule has 1 aliphatic rings. The highest BCUT2D eigenvalue weighted by Crippen LogP contribution is 2.38. The number of piperazine rings is 1. The van der Waals surface area contributed by atoms with E-state index in [4.69, 9.17) is 10.2 Å². The van der Waals surface area contributed by atoms with E-state index in [9.17, 15) is 23.1 Å². The van der Waals surface area contributed by atoms with Gasteiger partial charge in [0.05, 0.1) is 13.2 Å². The number of aliphatic hydroxyl groups is 2. The SMILES string of the molecule is CC#C[C@H]1CN(C(=O)O)CCN1c1ncc(C(O)(CO)C(F)(F)F)cn1. The van der Waals surface area contributed by atoms with E-state index in [0.717, 1.165) is 12.4 Å². The molecule has 0 aliphatic carbocycles. The molecule has 2 heterocycles. The van der Waals surface area contributed by atoms with Gasteiger partial charge in [-0.05, 0) is 6.92 Å². The Morgan fingerprint density at radius 3 is 2.42 bits per heavy atom. The van der Waals surface area contributed by atoms with Crippen LogP contribution in [0.1, 0.15) is 12.5 Å². The van der Waals surface area contributed by atoms with Crippen molar-refractivity contribution in [1.29, 1.82) is 0 Å². The van der Waals surface area contributed by atoms with E-state index in [-0.39, 0.29) is 25.6 Å². The Morgan fingerprint density at radius 1 is 1.35 bits per heavy atom. The van der Waals surface area contributed by atoms with E-state index in [0.29, 0.717) is 0 Å². The quantitative estimate of drug-likeness (QED) is 0.658. The molecule has 1 aromatic heterocycles. The zero-order valence-corrected chi connectivity index (χ0v) is 13.7. The number of aliphatic hydroxyl groups excluding tert-OH is 1. The van der Waals surface area contributed by atoms with Gasteiger partial charge in [0.25, 0.3) is 0 Å². The van der Waals surface area contributed by atoms with Crippen LogP contribution in [0.4, 0.5) is 23.9 Å². The molecule has 0 aromatic carbocycles. The van der Waals surface area contributed by atoms with Crippen LogP contribution in [0, 0.1) is 11.8 Å². The molecule has 3 N–H and O–H groups in total. The van der Waals surface area contributed by atoms with Gasteiger partial charge in [-0.25, -0.2) is 14.8 Å². The number of aromatic nitrogens is 2. The lowest BCUT2D eigenvalue weighted by atomic mass is 9.97. The molecular weight excluding hydrogens is 357 g/mol. The molecule has 0 saturated carbocycles. The van der Waals surface area contributed by atoms with Gasteiger partial charge in [-0.2, -0.15) is 13.2 Å². The highest BCUT2D eigenvalue weighted by molar-refractivity contribution is 5.65. The number of amides is 1. The Balaban J connectivity index is 2.29. The number of rotatable bonds is 3. The van der Waals surface area contributed by atoms with E-state index >= 15 is 0 Å². The molecule has 26 heavy (non-hydrogen) atoms. The number of anilines is 1. The topological polar surface area (TPSA) is 110 Å². The molecule has 0 spiro atoms. The Labute approximate surface area is 146 Å². The summed E-state index contributed by atoms with van der Waals surface area (Å²) in [6, 6.07) is -0.560. The summed E-state index contributed by atoms with van der Waals surface area (Å²) >= 11 is 0. The maximum Gasteiger partial charge on any atom is 0.423 e. The average Bonchev–Trinajstić information content (AvgIpc) is 2.60. The van der Waals surface area contributed by atoms with Gasteiger partial charge in [-0.1, -0.05) is 5.92 Å². The van der Waals surface area contributed by atoms with E-state index in [1.165, 1.54) is 4.90 Å². The van der Waals surface area contributed by atoms with Gasteiger partial charge in [0, 0.05) is 31.0 Å². The number of alkyl halides is 3. The molecule has 2 rings (SSSR count). The predicted octanol–water partition coefficient (Wildman–Crippen LogP) is 0.411. The average molecular weight is 374 g/mol. The summed E-state index contributed by atoms with van der Waals surface area (Å²) in [6.07, 6.45) is -4.63. The van der Waals surface area contributed by atoms with E-state index in [2.05, 4.69) is 21.8 Å². The summed E-state index contributed by atoms with van der Waals surface area (Å²) in [7, 11) is 0. The number of hydrogen-bond acceptors (Lipinski definition) is 6. The van der Waals surface area contributed by atoms with E-state index < -0.39 is 36.1 Å². The third-order valence-corrected chi connectivity index (χ3v) is 4.03. The Morgan fingerprint density at radius 2 is 1.96 bits per heavy atom. The fraction of sp³-hybridized carbons (Fsp3) is 0.533. The first-order valence-corrected chi connectivity index (χ1v) is 7.53. The van der Waals surface area contributed by atoms with Crippen LogP contribution in [0.15, 0.2) is 12.4 Å². The van der Waals surface area contributed by atoms with Gasteiger partial charge in [0.15, 0.2) is 0 Å². The van der Waals surface area contributed by atoms with Crippen LogP contribution in [-0.2, 0) is 5.60 Å². The van der Waals surface area contributed by atoms with Crippen LogP contribution in [0.5, 0.6) is 0 Å². The van der Waals surface area contributed by atoms with Crippen LogP contribution in [0.3, 0.4) is 0 Å². The van der Waals surface area contributed by atoms with Gasteiger partial charge in [-0.15, -0.1) is 5.92 Å². The van der Waals surface area contributed by atoms with Crippen molar-refractivity contribution in [2.45, 2.75) is 24.7 Å². The fourth-order valence-electron chi connectivity index (χ4n) is 2.51. The third-order valence-electron chi connectivity index (χ3n) is 4.03. The first kappa shape index (κ1) is 19.7. The van der Waals surface area contributed by atoms with Crippen LogP contribution in [-0.4, -0.2) is 74.7 Å². The molecule has 1 aromatic rings. The number of carbonyl (C=O) groups is 1. The second-order valence-corrected chi connectivity index (χ2v) is 5.62. The van der Waals surface area contributed by atoms with Crippen LogP contribution in [0.2, 0.25) is 0 Å². The molecule has 1 fully saturated rings. The molecule has 1 amide bonds. The Bertz CT molecular complexity index is 716. The van der Waals surface area contributed by atoms with Crippen molar-refractivity contribution in [2.24, 2.45) is 0 Å². The van der Waals surface area contributed by atoms with Crippen LogP contribution in [0.25, 0.3) is 0 Å². The van der Waals surface area contributed by atoms with Gasteiger partial charge in [0.2, 0.25) is 11.5 Å². The predicted molar refractivity (Wildman–Crippen MR) is 83.3 cm³/mol. The molecule has 1 unspecified atom stereocenters. The van der Waals surface area contributed by atoms with Crippen molar-refractivity contribution in [2.75, 3.05) is 31.1 Å². The lowest BCUT2D eigenvalue weighted by Gasteiger charge is -2.38. The number of halogens is 3. The van der Waals surface area contributed by atoms with Crippen LogP contribution >= 0.6 is 0 Å². The maximum absolute atomic E-state index is 13.0. The normalized spacial score (nSPS) is 20.2. The van der Waals surface area contributed by atoms with Crippen molar-refractivity contribution in [1.82, 2.24) is 14.9 Å². The maximum atomic E-state index is 13.0. The monoisotopic (exact) mass is 374 g/mol. The van der Waals surface area contributed by atoms with Gasteiger partial charge in [0.1, 0.15) is 6.04 Å². The first-order chi connectivity index (χ1) is 12.1. The molecule has 1 saturated heterocycles. The lowest BCUT2D eigenvalue weighted by Crippen LogP contribution is -2.54. The highest BCUT2D eigenvalue weighted by Gasteiger charge is 2.55. The smallest absolute Gasteiger partial charge is 0.423 e. The largest absolute Gasteiger partial charge is 0.465 e. The molecular formula is C15H17F3N4O4. The minimum atomic E-state index is -5.10. The van der Waals surface area contributed by atoms with Crippen LogP contribution < -0.4 is 4.90 Å². The minimum absolute atomic E-state index is 0.0500. The molecule has 1 aliphatic heterocycles. The number of carboxylic acid groups (broad SMARTS) is 1. The van der Waals surface area contributed by atoms with E-state index in [1.807, 2.05) is 0 Å². The van der Waals surface area contributed by atoms with Crippen molar-refractivity contribution < 1.29 is 33.3 Å². The second-order valence-electron chi connectivity index (χ2n) is 5.62. The first-order valence-electron chi connectivity index (χ1n) is 7.53. The van der Waals surface area contributed by atoms with Gasteiger partial charge < -0.3 is 25.1 Å². The minimum Gasteiger partial charge on any atom is -0.465 e. The zero-order chi connectivity index (χ0) is 19.5. The number of nitrogens with zero attached hydrogens (tertiary/aromatic N) is 4. The lowest BCUT2D eigenvalue weighted by molar-refractivity contribution is -0.277. The molecule has 0 bridgehead atoms. The molecule has 11 heteroatoms. The summed E-state index contributed by atoms with van der Waals surface area (Å²) in [4.78, 5) is 21.5. The zero-order valence-electron chi connectivity index (χ0n) is 13.7. The standard InChI is InChI=1S/C15H17F3N4O4/c1-2-3-11-8-21(13(24)25)4-5-22(11)12-19-6-10(7-20-12)14(26,9-23)15(16,17)18/h6-7,11,23,26H,4-5,8-9H2,1H3,(H,24,25)/t11-,14?/m0/s1. The van der Waals surface area contributed by atoms with Gasteiger partial charge in [-0.3, -0.25) is 0 Å². The molecule has 142 valence electrons. The number of hydrogen-bond donors (Lipinski definition) is 3. The summed E-state index contributed by atoms with van der Waals surface area (Å²) < 4.78 is 38.9. The fourth-order valence-corrected chi connectivity index (χ4v) is 2.51. The molecule has 0 radical (unpaired) electrons. The summed E-state index contributed by atoms with van der Waals surface area (Å²) in [5, 5.41) is 27.7. The second kappa shape index (κ2) is 7.35. The third kappa shape index (κ3) is 3.66. The Hall–Kier alpha value is -2.58. The van der Waals surface area contributed by atoms with Crippen molar-refractivity contribution >= 4 is 12.0 Å². The molecule has 2 atom stereocenters. The van der Waals surface area contributed by atoms with Crippen molar-refractivity contribution in [3.63, 3.8) is 0 Å². The van der Waals surface area contributed by atoms with Gasteiger partial charge >= 0.3 is 12.3 Å². The molecule has 8 nitrogen and oxygen atoms in total.